The SMILES string of the molecule is CSc1ccccc1NC(=O)CN(C)CC(=O)c1c(N)n(CC(C)C)c(=O)n(C)c1=O. The second-order valence-corrected chi connectivity index (χ2v) is 8.60. The number of Topliss-reactive ketones (excluding diaryl/α,β-unsaturated/α-hetero) is 1. The van der Waals surface area contributed by atoms with Gasteiger partial charge in [-0.1, -0.05) is 26.0 Å². The fourth-order valence-electron chi connectivity index (χ4n) is 3.15. The first-order chi connectivity index (χ1) is 14.6. The first-order valence-corrected chi connectivity index (χ1v) is 11.0. The average molecular weight is 448 g/mol. The second kappa shape index (κ2) is 10.5. The lowest BCUT2D eigenvalue weighted by atomic mass is 10.1. The lowest BCUT2D eigenvalue weighted by molar-refractivity contribution is -0.116. The molecule has 31 heavy (non-hydrogen) atoms. The molecule has 0 saturated carbocycles. The molecule has 0 aliphatic rings. The zero-order valence-corrected chi connectivity index (χ0v) is 19.3. The van der Waals surface area contributed by atoms with Crippen LogP contribution in [0, 0.1) is 5.92 Å². The van der Waals surface area contributed by atoms with Gasteiger partial charge in [0.05, 0.1) is 18.8 Å². The van der Waals surface area contributed by atoms with Gasteiger partial charge in [-0.3, -0.25) is 28.4 Å². The van der Waals surface area contributed by atoms with Gasteiger partial charge in [-0.25, -0.2) is 4.79 Å². The van der Waals surface area contributed by atoms with Crippen LogP contribution >= 0.6 is 11.8 Å². The normalized spacial score (nSPS) is 11.2. The van der Waals surface area contributed by atoms with Crippen molar-refractivity contribution >= 4 is 35.0 Å². The first-order valence-electron chi connectivity index (χ1n) is 9.80. The molecule has 1 aromatic carbocycles. The van der Waals surface area contributed by atoms with Gasteiger partial charge >= 0.3 is 5.69 Å². The van der Waals surface area contributed by atoms with E-state index >= 15 is 0 Å². The molecule has 0 fully saturated rings. The van der Waals surface area contributed by atoms with Gasteiger partial charge in [0.15, 0.2) is 5.78 Å². The summed E-state index contributed by atoms with van der Waals surface area (Å²) in [5.41, 5.74) is 5.20. The van der Waals surface area contributed by atoms with Crippen LogP contribution in [-0.2, 0) is 18.4 Å². The van der Waals surface area contributed by atoms with Crippen molar-refractivity contribution in [1.29, 1.82) is 0 Å². The van der Waals surface area contributed by atoms with E-state index in [0.717, 1.165) is 9.46 Å². The van der Waals surface area contributed by atoms with Crippen LogP contribution in [-0.4, -0.2) is 52.1 Å². The third kappa shape index (κ3) is 5.86. The molecular weight excluding hydrogens is 418 g/mol. The molecule has 1 heterocycles. The van der Waals surface area contributed by atoms with Crippen molar-refractivity contribution in [3.05, 3.63) is 50.7 Å². The second-order valence-electron chi connectivity index (χ2n) is 7.76. The van der Waals surface area contributed by atoms with Crippen LogP contribution in [0.25, 0.3) is 0 Å². The third-order valence-corrected chi connectivity index (χ3v) is 5.41. The summed E-state index contributed by atoms with van der Waals surface area (Å²) in [5.74, 6) is -0.882. The Labute approximate surface area is 185 Å². The lowest BCUT2D eigenvalue weighted by Gasteiger charge is -2.19. The van der Waals surface area contributed by atoms with Gasteiger partial charge in [0.25, 0.3) is 5.56 Å². The van der Waals surface area contributed by atoms with Crippen molar-refractivity contribution in [1.82, 2.24) is 14.0 Å². The minimum absolute atomic E-state index is 0.0552. The summed E-state index contributed by atoms with van der Waals surface area (Å²) < 4.78 is 2.13. The highest BCUT2D eigenvalue weighted by Gasteiger charge is 2.23. The number of hydrogen-bond acceptors (Lipinski definition) is 7. The largest absolute Gasteiger partial charge is 0.384 e. The Kier molecular flexibility index (Phi) is 8.23. The van der Waals surface area contributed by atoms with E-state index in [1.54, 1.807) is 13.1 Å². The smallest absolute Gasteiger partial charge is 0.332 e. The highest BCUT2D eigenvalue weighted by Crippen LogP contribution is 2.24. The molecule has 3 N–H and O–H groups in total. The molecule has 0 bridgehead atoms. The summed E-state index contributed by atoms with van der Waals surface area (Å²) in [5, 5.41) is 2.83. The summed E-state index contributed by atoms with van der Waals surface area (Å²) in [6.07, 6.45) is 1.92. The summed E-state index contributed by atoms with van der Waals surface area (Å²) in [4.78, 5) is 52.6. The van der Waals surface area contributed by atoms with Crippen molar-refractivity contribution in [2.45, 2.75) is 25.3 Å². The zero-order valence-electron chi connectivity index (χ0n) is 18.5. The third-order valence-electron chi connectivity index (χ3n) is 4.62. The molecule has 0 aliphatic heterocycles. The van der Waals surface area contributed by atoms with Crippen molar-refractivity contribution in [2.75, 3.05) is 37.4 Å². The van der Waals surface area contributed by atoms with Gasteiger partial charge in [0.1, 0.15) is 11.4 Å². The number of nitrogens with zero attached hydrogens (tertiary/aromatic N) is 3. The van der Waals surface area contributed by atoms with E-state index in [-0.39, 0.29) is 42.8 Å². The fourth-order valence-corrected chi connectivity index (χ4v) is 3.70. The number of ketones is 1. The number of likely N-dealkylation sites (N-methyl/N-ethyl adjacent to an activating group) is 1. The molecule has 2 aromatic rings. The maximum atomic E-state index is 12.9. The number of para-hydroxylation sites is 1. The highest BCUT2D eigenvalue weighted by molar-refractivity contribution is 7.98. The lowest BCUT2D eigenvalue weighted by Crippen LogP contribution is -2.44. The number of amides is 1. The molecular formula is C21H29N5O4S. The molecule has 0 atom stereocenters. The molecule has 0 saturated heterocycles. The highest BCUT2D eigenvalue weighted by atomic mass is 32.2. The van der Waals surface area contributed by atoms with Gasteiger partial charge in [0.2, 0.25) is 5.91 Å². The summed E-state index contributed by atoms with van der Waals surface area (Å²) >= 11 is 1.51. The van der Waals surface area contributed by atoms with E-state index in [0.29, 0.717) is 5.69 Å². The number of anilines is 2. The minimum atomic E-state index is -0.737. The van der Waals surface area contributed by atoms with Crippen LogP contribution in [0.1, 0.15) is 24.2 Å². The Morgan fingerprint density at radius 2 is 1.84 bits per heavy atom. The Morgan fingerprint density at radius 3 is 2.45 bits per heavy atom. The number of carbonyl (C=O) groups excluding carboxylic acids is 2. The number of nitrogens with two attached hydrogens (primary N) is 1. The molecule has 10 heteroatoms. The zero-order chi connectivity index (χ0) is 23.3. The van der Waals surface area contributed by atoms with Gasteiger partial charge in [-0.15, -0.1) is 11.8 Å². The Bertz CT molecular complexity index is 1090. The molecule has 1 aromatic heterocycles. The number of aromatic nitrogens is 2. The monoisotopic (exact) mass is 447 g/mol. The quantitative estimate of drug-likeness (QED) is 0.439. The van der Waals surface area contributed by atoms with Crippen molar-refractivity contribution in [3.8, 4) is 0 Å². The van der Waals surface area contributed by atoms with E-state index in [2.05, 4.69) is 5.32 Å². The van der Waals surface area contributed by atoms with Gasteiger partial charge in [-0.05, 0) is 31.4 Å². The maximum Gasteiger partial charge on any atom is 0.332 e. The van der Waals surface area contributed by atoms with E-state index in [1.807, 2.05) is 38.3 Å². The van der Waals surface area contributed by atoms with Crippen molar-refractivity contribution in [2.24, 2.45) is 13.0 Å². The fraction of sp³-hybridized carbons (Fsp3) is 0.429. The van der Waals surface area contributed by atoms with Gasteiger partial charge in [0, 0.05) is 18.5 Å². The molecule has 0 aliphatic carbocycles. The summed E-state index contributed by atoms with van der Waals surface area (Å²) in [6, 6.07) is 7.42. The number of thioether (sulfide) groups is 1. The van der Waals surface area contributed by atoms with Gasteiger partial charge in [-0.2, -0.15) is 0 Å². The number of hydrogen-bond donors (Lipinski definition) is 2. The van der Waals surface area contributed by atoms with Crippen LogP contribution in [0.3, 0.4) is 0 Å². The molecule has 9 nitrogen and oxygen atoms in total. The molecule has 0 unspecified atom stereocenters. The Balaban J connectivity index is 2.17. The number of rotatable bonds is 9. The molecule has 168 valence electrons. The van der Waals surface area contributed by atoms with Gasteiger partial charge < -0.3 is 11.1 Å². The van der Waals surface area contributed by atoms with Crippen molar-refractivity contribution < 1.29 is 9.59 Å². The average Bonchev–Trinajstić information content (AvgIpc) is 2.69. The predicted molar refractivity (Wildman–Crippen MR) is 124 cm³/mol. The summed E-state index contributed by atoms with van der Waals surface area (Å²) in [7, 11) is 2.92. The number of nitrogen functional groups attached to an aromatic ring is 1. The number of carbonyl (C=O) groups is 2. The number of benzene rings is 1. The minimum Gasteiger partial charge on any atom is -0.384 e. The predicted octanol–water partition coefficient (Wildman–Crippen LogP) is 1.26. The first kappa shape index (κ1) is 24.4. The maximum absolute atomic E-state index is 12.9. The summed E-state index contributed by atoms with van der Waals surface area (Å²) in [6.45, 7) is 3.84. The number of nitrogens with one attached hydrogen (secondary N) is 1. The molecule has 0 spiro atoms. The van der Waals surface area contributed by atoms with Crippen LogP contribution < -0.4 is 22.3 Å². The Hall–Kier alpha value is -2.85. The topological polar surface area (TPSA) is 119 Å². The van der Waals surface area contributed by atoms with Crippen molar-refractivity contribution in [3.63, 3.8) is 0 Å². The molecule has 2 rings (SSSR count). The van der Waals surface area contributed by atoms with E-state index in [4.69, 9.17) is 5.73 Å². The van der Waals surface area contributed by atoms with Crippen LogP contribution in [0.4, 0.5) is 11.5 Å². The van der Waals surface area contributed by atoms with Crippen LogP contribution in [0.2, 0.25) is 0 Å². The van der Waals surface area contributed by atoms with E-state index in [1.165, 1.54) is 28.3 Å². The Morgan fingerprint density at radius 1 is 1.19 bits per heavy atom. The molecule has 1 amide bonds. The standard InChI is InChI=1S/C21H29N5O4S/c1-13(2)10-26-19(22)18(20(29)25(4)21(26)30)15(27)11-24(3)12-17(28)23-14-8-6-7-9-16(14)31-5/h6-9,13H,10-12,22H2,1-5H3,(H,23,28). The van der Waals surface area contributed by atoms with Crippen LogP contribution in [0.15, 0.2) is 38.8 Å². The molecule has 0 radical (unpaired) electrons. The van der Waals surface area contributed by atoms with Crippen LogP contribution in [0.5, 0.6) is 0 Å². The van der Waals surface area contributed by atoms with E-state index < -0.39 is 17.0 Å². The van der Waals surface area contributed by atoms with E-state index in [9.17, 15) is 19.2 Å².